The van der Waals surface area contributed by atoms with Gasteiger partial charge in [-0.2, -0.15) is 5.10 Å². The Labute approximate surface area is 128 Å². The van der Waals surface area contributed by atoms with Crippen LogP contribution in [0.4, 0.5) is 0 Å². The predicted molar refractivity (Wildman–Crippen MR) is 83.2 cm³/mol. The van der Waals surface area contributed by atoms with E-state index in [1.807, 2.05) is 13.8 Å². The minimum absolute atomic E-state index is 0.0371. The van der Waals surface area contributed by atoms with Crippen LogP contribution in [0.25, 0.3) is 10.9 Å². The van der Waals surface area contributed by atoms with Gasteiger partial charge in [0.25, 0.3) is 0 Å². The molecule has 0 saturated heterocycles. The van der Waals surface area contributed by atoms with Gasteiger partial charge in [-0.3, -0.25) is 9.89 Å². The Hall–Kier alpha value is -1.59. The fourth-order valence-corrected chi connectivity index (χ4v) is 2.66. The molecule has 2 aromatic rings. The molecular formula is C15H20ClN3O2. The van der Waals surface area contributed by atoms with E-state index in [2.05, 4.69) is 15.5 Å². The molecule has 0 fully saturated rings. The summed E-state index contributed by atoms with van der Waals surface area (Å²) in [6.45, 7) is 5.57. The number of hydrogen-bond acceptors (Lipinski definition) is 3. The third kappa shape index (κ3) is 3.74. The lowest BCUT2D eigenvalue weighted by atomic mass is 9.92. The first-order chi connectivity index (χ1) is 9.82. The number of fused-ring (bicyclic) bond motifs is 1. The van der Waals surface area contributed by atoms with Gasteiger partial charge in [-0.15, -0.1) is 0 Å². The van der Waals surface area contributed by atoms with Gasteiger partial charge in [0, 0.05) is 34.4 Å². The van der Waals surface area contributed by atoms with Crippen LogP contribution in [0.2, 0.25) is 5.02 Å². The first-order valence-electron chi connectivity index (χ1n) is 6.94. The fraction of sp³-hybridized carbons (Fsp3) is 0.467. The Morgan fingerprint density at radius 1 is 1.52 bits per heavy atom. The lowest BCUT2D eigenvalue weighted by Gasteiger charge is -2.29. The number of aromatic nitrogens is 2. The Balaban J connectivity index is 2.24. The number of rotatable bonds is 5. The molecule has 2 rings (SSSR count). The Morgan fingerprint density at radius 3 is 2.90 bits per heavy atom. The standard InChI is InChI=1S/C15H20ClN3O2/c1-4-13(21)18-15(2,3)7-12(20)11-6-10(16)5-9-8-17-19-14(9)11/h5-6,8,12,20H,4,7H2,1-3H3,(H,17,19)(H,18,21). The maximum atomic E-state index is 11.5. The van der Waals surface area contributed by atoms with Crippen molar-refractivity contribution in [1.82, 2.24) is 15.5 Å². The number of hydrogen-bond donors (Lipinski definition) is 3. The van der Waals surface area contributed by atoms with Crippen molar-refractivity contribution in [2.24, 2.45) is 0 Å². The number of aliphatic hydroxyl groups excluding tert-OH is 1. The van der Waals surface area contributed by atoms with Crippen molar-refractivity contribution in [3.8, 4) is 0 Å². The SMILES string of the molecule is CCC(=O)NC(C)(C)CC(O)c1cc(Cl)cc2cn[nH]c12. The van der Waals surface area contributed by atoms with Gasteiger partial charge < -0.3 is 10.4 Å². The van der Waals surface area contributed by atoms with Crippen molar-refractivity contribution >= 4 is 28.4 Å². The van der Waals surface area contributed by atoms with Crippen molar-refractivity contribution in [3.63, 3.8) is 0 Å². The number of carbonyl (C=O) groups is 1. The number of H-pyrrole nitrogens is 1. The molecule has 0 spiro atoms. The van der Waals surface area contributed by atoms with E-state index in [1.54, 1.807) is 25.3 Å². The maximum absolute atomic E-state index is 11.5. The van der Waals surface area contributed by atoms with Crippen LogP contribution in [0.5, 0.6) is 0 Å². The second-order valence-electron chi connectivity index (χ2n) is 5.83. The van der Waals surface area contributed by atoms with Crippen LogP contribution in [0.3, 0.4) is 0 Å². The van der Waals surface area contributed by atoms with Crippen molar-refractivity contribution < 1.29 is 9.90 Å². The van der Waals surface area contributed by atoms with Crippen LogP contribution in [-0.2, 0) is 4.79 Å². The number of aliphatic hydroxyl groups is 1. The molecule has 1 aromatic heterocycles. The molecule has 1 atom stereocenters. The molecule has 1 amide bonds. The first kappa shape index (κ1) is 15.8. The van der Waals surface area contributed by atoms with E-state index in [-0.39, 0.29) is 5.91 Å². The van der Waals surface area contributed by atoms with Gasteiger partial charge in [-0.05, 0) is 26.0 Å². The van der Waals surface area contributed by atoms with Gasteiger partial charge in [0.2, 0.25) is 5.91 Å². The summed E-state index contributed by atoms with van der Waals surface area (Å²) in [5.74, 6) is -0.0371. The highest BCUT2D eigenvalue weighted by Crippen LogP contribution is 2.31. The molecule has 1 heterocycles. The molecule has 114 valence electrons. The summed E-state index contributed by atoms with van der Waals surface area (Å²) >= 11 is 6.08. The van der Waals surface area contributed by atoms with Crippen LogP contribution < -0.4 is 5.32 Å². The summed E-state index contributed by atoms with van der Waals surface area (Å²) < 4.78 is 0. The Bertz CT molecular complexity index is 651. The van der Waals surface area contributed by atoms with Crippen molar-refractivity contribution in [1.29, 1.82) is 0 Å². The summed E-state index contributed by atoms with van der Waals surface area (Å²) in [4.78, 5) is 11.5. The largest absolute Gasteiger partial charge is 0.388 e. The third-order valence-electron chi connectivity index (χ3n) is 3.41. The highest BCUT2D eigenvalue weighted by atomic mass is 35.5. The number of nitrogens with zero attached hydrogens (tertiary/aromatic N) is 1. The molecular weight excluding hydrogens is 290 g/mol. The number of benzene rings is 1. The van der Waals surface area contributed by atoms with Crippen molar-refractivity contribution in [2.45, 2.75) is 45.3 Å². The van der Waals surface area contributed by atoms with Gasteiger partial charge in [-0.1, -0.05) is 18.5 Å². The van der Waals surface area contributed by atoms with Gasteiger partial charge >= 0.3 is 0 Å². The highest BCUT2D eigenvalue weighted by molar-refractivity contribution is 6.31. The zero-order valence-electron chi connectivity index (χ0n) is 12.4. The van der Waals surface area contributed by atoms with Gasteiger partial charge in [0.05, 0.1) is 17.8 Å². The zero-order chi connectivity index (χ0) is 15.6. The monoisotopic (exact) mass is 309 g/mol. The van der Waals surface area contributed by atoms with Crippen LogP contribution in [-0.4, -0.2) is 26.7 Å². The molecule has 0 saturated carbocycles. The third-order valence-corrected chi connectivity index (χ3v) is 3.62. The second-order valence-corrected chi connectivity index (χ2v) is 6.27. The Morgan fingerprint density at radius 2 is 2.24 bits per heavy atom. The van der Waals surface area contributed by atoms with Crippen LogP contribution in [0.15, 0.2) is 18.3 Å². The fourth-order valence-electron chi connectivity index (χ4n) is 2.42. The van der Waals surface area contributed by atoms with E-state index >= 15 is 0 Å². The quantitative estimate of drug-likeness (QED) is 0.794. The molecule has 6 heteroatoms. The first-order valence-corrected chi connectivity index (χ1v) is 7.32. The van der Waals surface area contributed by atoms with E-state index in [4.69, 9.17) is 11.6 Å². The van der Waals surface area contributed by atoms with E-state index in [0.29, 0.717) is 23.4 Å². The number of nitrogens with one attached hydrogen (secondary N) is 2. The number of halogens is 1. The van der Waals surface area contributed by atoms with E-state index in [1.165, 1.54) is 0 Å². The minimum atomic E-state index is -0.751. The molecule has 0 aliphatic rings. The topological polar surface area (TPSA) is 78.0 Å². The highest BCUT2D eigenvalue weighted by Gasteiger charge is 2.26. The summed E-state index contributed by atoms with van der Waals surface area (Å²) in [6, 6.07) is 3.52. The van der Waals surface area contributed by atoms with E-state index < -0.39 is 11.6 Å². The lowest BCUT2D eigenvalue weighted by molar-refractivity contribution is -0.122. The summed E-state index contributed by atoms with van der Waals surface area (Å²) in [5.41, 5.74) is 0.944. The molecule has 1 unspecified atom stereocenters. The smallest absolute Gasteiger partial charge is 0.220 e. The average molecular weight is 310 g/mol. The molecule has 3 N–H and O–H groups in total. The normalized spacial score (nSPS) is 13.4. The predicted octanol–water partition coefficient (Wildman–Crippen LogP) is 2.94. The van der Waals surface area contributed by atoms with Gasteiger partial charge in [0.15, 0.2) is 0 Å². The maximum Gasteiger partial charge on any atom is 0.220 e. The minimum Gasteiger partial charge on any atom is -0.388 e. The number of amides is 1. The molecule has 0 radical (unpaired) electrons. The van der Waals surface area contributed by atoms with Crippen LogP contribution in [0.1, 0.15) is 45.3 Å². The van der Waals surface area contributed by atoms with E-state index in [0.717, 1.165) is 10.9 Å². The number of carbonyl (C=O) groups excluding carboxylic acids is 1. The van der Waals surface area contributed by atoms with Gasteiger partial charge in [-0.25, -0.2) is 0 Å². The second kappa shape index (κ2) is 6.03. The summed E-state index contributed by atoms with van der Waals surface area (Å²) in [6.07, 6.45) is 1.72. The van der Waals surface area contributed by atoms with Crippen molar-refractivity contribution in [2.75, 3.05) is 0 Å². The zero-order valence-corrected chi connectivity index (χ0v) is 13.2. The number of aromatic amines is 1. The molecule has 0 bridgehead atoms. The van der Waals surface area contributed by atoms with Crippen LogP contribution >= 0.6 is 11.6 Å². The summed E-state index contributed by atoms with van der Waals surface area (Å²) in [7, 11) is 0. The van der Waals surface area contributed by atoms with Crippen molar-refractivity contribution in [3.05, 3.63) is 28.9 Å². The lowest BCUT2D eigenvalue weighted by Crippen LogP contribution is -2.44. The molecule has 1 aromatic carbocycles. The van der Waals surface area contributed by atoms with Crippen LogP contribution in [0, 0.1) is 0 Å². The Kier molecular flexibility index (Phi) is 4.54. The summed E-state index contributed by atoms with van der Waals surface area (Å²) in [5, 5.41) is 21.7. The molecule has 21 heavy (non-hydrogen) atoms. The molecule has 0 aliphatic carbocycles. The molecule has 5 nitrogen and oxygen atoms in total. The average Bonchev–Trinajstić information content (AvgIpc) is 2.84. The van der Waals surface area contributed by atoms with Gasteiger partial charge in [0.1, 0.15) is 0 Å². The molecule has 0 aliphatic heterocycles. The van der Waals surface area contributed by atoms with E-state index in [9.17, 15) is 9.90 Å².